The summed E-state index contributed by atoms with van der Waals surface area (Å²) in [5, 5.41) is 2.74. The summed E-state index contributed by atoms with van der Waals surface area (Å²) in [4.78, 5) is 5.87. The van der Waals surface area contributed by atoms with E-state index in [2.05, 4.69) is 30.3 Å². The second kappa shape index (κ2) is 6.29. The number of hydroxylamine groups is 2. The van der Waals surface area contributed by atoms with E-state index in [1.165, 1.54) is 5.56 Å². The molecular weight excluding hydrogens is 270 g/mol. The van der Waals surface area contributed by atoms with Crippen molar-refractivity contribution in [2.24, 2.45) is 0 Å². The van der Waals surface area contributed by atoms with Crippen LogP contribution in [0.3, 0.4) is 0 Å². The van der Waals surface area contributed by atoms with Crippen LogP contribution in [0, 0.1) is 0 Å². The van der Waals surface area contributed by atoms with Gasteiger partial charge in [0.1, 0.15) is 5.75 Å². The van der Waals surface area contributed by atoms with E-state index in [0.29, 0.717) is 10.9 Å². The van der Waals surface area contributed by atoms with Crippen molar-refractivity contribution in [2.45, 2.75) is 18.8 Å². The maximum Gasteiger partial charge on any atom is 0.148 e. The zero-order valence-electron chi connectivity index (χ0n) is 11.3. The first kappa shape index (κ1) is 13.5. The van der Waals surface area contributed by atoms with Gasteiger partial charge in [0.05, 0.1) is 0 Å². The molecule has 1 heterocycles. The van der Waals surface area contributed by atoms with Gasteiger partial charge < -0.3 is 4.84 Å². The monoisotopic (exact) mass is 287 g/mol. The molecule has 1 aliphatic heterocycles. The lowest BCUT2D eigenvalue weighted by Crippen LogP contribution is -2.35. The molecule has 104 valence electrons. The molecule has 1 fully saturated rings. The molecule has 3 rings (SSSR count). The third-order valence-corrected chi connectivity index (χ3v) is 3.99. The highest BCUT2D eigenvalue weighted by Gasteiger charge is 2.21. The van der Waals surface area contributed by atoms with Crippen molar-refractivity contribution >= 4 is 11.6 Å². The van der Waals surface area contributed by atoms with Crippen LogP contribution >= 0.6 is 11.6 Å². The van der Waals surface area contributed by atoms with Gasteiger partial charge >= 0.3 is 0 Å². The lowest BCUT2D eigenvalue weighted by molar-refractivity contribution is -0.0756. The van der Waals surface area contributed by atoms with Gasteiger partial charge in [-0.15, -0.1) is 5.06 Å². The van der Waals surface area contributed by atoms with Gasteiger partial charge in [-0.1, -0.05) is 48.0 Å². The molecule has 2 aromatic carbocycles. The lowest BCUT2D eigenvalue weighted by atomic mass is 9.90. The molecule has 0 aromatic heterocycles. The average molecular weight is 288 g/mol. The van der Waals surface area contributed by atoms with Crippen molar-refractivity contribution in [3.63, 3.8) is 0 Å². The van der Waals surface area contributed by atoms with Crippen LogP contribution < -0.4 is 4.84 Å². The summed E-state index contributed by atoms with van der Waals surface area (Å²) in [5.41, 5.74) is 1.44. The van der Waals surface area contributed by atoms with E-state index in [1.54, 1.807) is 0 Å². The van der Waals surface area contributed by atoms with Crippen LogP contribution in [-0.4, -0.2) is 18.2 Å². The minimum Gasteiger partial charge on any atom is -0.406 e. The minimum atomic E-state index is 0.649. The summed E-state index contributed by atoms with van der Waals surface area (Å²) >= 11 is 5.97. The Morgan fingerprint density at radius 3 is 2.40 bits per heavy atom. The molecule has 0 radical (unpaired) electrons. The molecule has 20 heavy (non-hydrogen) atoms. The van der Waals surface area contributed by atoms with E-state index in [1.807, 2.05) is 29.3 Å². The molecule has 0 aliphatic carbocycles. The average Bonchev–Trinajstić information content (AvgIpc) is 2.49. The Hall–Kier alpha value is -1.51. The number of nitrogens with zero attached hydrogens (tertiary/aromatic N) is 1. The van der Waals surface area contributed by atoms with E-state index in [9.17, 15) is 0 Å². The van der Waals surface area contributed by atoms with Gasteiger partial charge in [-0.25, -0.2) is 0 Å². The SMILES string of the molecule is Clc1cccc(ON2CCC(c3ccccc3)CC2)c1. The van der Waals surface area contributed by atoms with Crippen LogP contribution in [0.15, 0.2) is 54.6 Å². The highest BCUT2D eigenvalue weighted by atomic mass is 35.5. The van der Waals surface area contributed by atoms with Crippen LogP contribution in [0.5, 0.6) is 5.75 Å². The molecule has 1 aliphatic rings. The third-order valence-electron chi connectivity index (χ3n) is 3.76. The maximum atomic E-state index is 5.97. The molecule has 2 nitrogen and oxygen atoms in total. The molecule has 0 amide bonds. The molecule has 0 saturated carbocycles. The Morgan fingerprint density at radius 1 is 0.950 bits per heavy atom. The largest absolute Gasteiger partial charge is 0.406 e. The van der Waals surface area contributed by atoms with E-state index in [4.69, 9.17) is 16.4 Å². The van der Waals surface area contributed by atoms with Crippen LogP contribution in [0.1, 0.15) is 24.3 Å². The molecule has 0 unspecified atom stereocenters. The van der Waals surface area contributed by atoms with E-state index < -0.39 is 0 Å². The van der Waals surface area contributed by atoms with Crippen molar-refractivity contribution in [1.29, 1.82) is 0 Å². The topological polar surface area (TPSA) is 12.5 Å². The van der Waals surface area contributed by atoms with E-state index in [0.717, 1.165) is 31.7 Å². The Kier molecular flexibility index (Phi) is 4.24. The Bertz CT molecular complexity index is 550. The maximum absolute atomic E-state index is 5.97. The Labute approximate surface area is 124 Å². The summed E-state index contributed by atoms with van der Waals surface area (Å²) in [7, 11) is 0. The number of rotatable bonds is 3. The summed E-state index contributed by atoms with van der Waals surface area (Å²) < 4.78 is 0. The van der Waals surface area contributed by atoms with E-state index in [-0.39, 0.29) is 0 Å². The highest BCUT2D eigenvalue weighted by Crippen LogP contribution is 2.28. The van der Waals surface area contributed by atoms with Crippen molar-refractivity contribution < 1.29 is 4.84 Å². The van der Waals surface area contributed by atoms with Gasteiger partial charge in [0, 0.05) is 24.2 Å². The van der Waals surface area contributed by atoms with Crippen LogP contribution in [0.4, 0.5) is 0 Å². The smallest absolute Gasteiger partial charge is 0.148 e. The molecule has 0 N–H and O–H groups in total. The first-order valence-electron chi connectivity index (χ1n) is 7.05. The molecule has 0 spiro atoms. The minimum absolute atomic E-state index is 0.649. The van der Waals surface area contributed by atoms with Crippen molar-refractivity contribution in [3.8, 4) is 5.75 Å². The predicted molar refractivity (Wildman–Crippen MR) is 82.1 cm³/mol. The van der Waals surface area contributed by atoms with Gasteiger partial charge in [-0.3, -0.25) is 0 Å². The van der Waals surface area contributed by atoms with Crippen molar-refractivity contribution in [3.05, 3.63) is 65.2 Å². The second-order valence-corrected chi connectivity index (χ2v) is 5.60. The fourth-order valence-electron chi connectivity index (χ4n) is 2.68. The summed E-state index contributed by atoms with van der Waals surface area (Å²) in [6.45, 7) is 1.90. The van der Waals surface area contributed by atoms with Crippen LogP contribution in [0.2, 0.25) is 5.02 Å². The summed E-state index contributed by atoms with van der Waals surface area (Å²) in [5.74, 6) is 1.46. The summed E-state index contributed by atoms with van der Waals surface area (Å²) in [6.07, 6.45) is 2.26. The van der Waals surface area contributed by atoms with Crippen molar-refractivity contribution in [1.82, 2.24) is 5.06 Å². The summed E-state index contributed by atoms with van der Waals surface area (Å²) in [6, 6.07) is 18.3. The van der Waals surface area contributed by atoms with Gasteiger partial charge in [0.25, 0.3) is 0 Å². The highest BCUT2D eigenvalue weighted by molar-refractivity contribution is 6.30. The molecular formula is C17H18ClNO. The molecule has 3 heteroatoms. The van der Waals surface area contributed by atoms with Crippen LogP contribution in [0.25, 0.3) is 0 Å². The first-order chi connectivity index (χ1) is 9.81. The van der Waals surface area contributed by atoms with Gasteiger partial charge in [0.15, 0.2) is 0 Å². The fraction of sp³-hybridized carbons (Fsp3) is 0.294. The first-order valence-corrected chi connectivity index (χ1v) is 7.42. The number of hydrogen-bond donors (Lipinski definition) is 0. The molecule has 0 atom stereocenters. The standard InChI is InChI=1S/C17H18ClNO/c18-16-7-4-8-17(13-16)20-19-11-9-15(10-12-19)14-5-2-1-3-6-14/h1-8,13,15H,9-12H2. The Balaban J connectivity index is 1.56. The van der Waals surface area contributed by atoms with Gasteiger partial charge in [-0.05, 0) is 36.5 Å². The quantitative estimate of drug-likeness (QED) is 0.823. The molecule has 2 aromatic rings. The van der Waals surface area contributed by atoms with E-state index >= 15 is 0 Å². The number of piperidine rings is 1. The van der Waals surface area contributed by atoms with Crippen molar-refractivity contribution in [2.75, 3.05) is 13.1 Å². The van der Waals surface area contributed by atoms with Gasteiger partial charge in [0.2, 0.25) is 0 Å². The lowest BCUT2D eigenvalue weighted by Gasteiger charge is -2.31. The van der Waals surface area contributed by atoms with Gasteiger partial charge in [-0.2, -0.15) is 0 Å². The number of benzene rings is 2. The normalized spacial score (nSPS) is 17.1. The number of halogens is 1. The second-order valence-electron chi connectivity index (χ2n) is 5.16. The third kappa shape index (κ3) is 3.33. The van der Waals surface area contributed by atoms with Crippen LogP contribution in [-0.2, 0) is 0 Å². The number of hydrogen-bond acceptors (Lipinski definition) is 2. The molecule has 1 saturated heterocycles. The Morgan fingerprint density at radius 2 is 1.70 bits per heavy atom. The fourth-order valence-corrected chi connectivity index (χ4v) is 2.86. The predicted octanol–water partition coefficient (Wildman–Crippen LogP) is 4.51. The zero-order valence-corrected chi connectivity index (χ0v) is 12.1. The molecule has 0 bridgehead atoms. The zero-order chi connectivity index (χ0) is 13.8.